The van der Waals surface area contributed by atoms with Gasteiger partial charge in [-0.05, 0) is 37.4 Å². The van der Waals surface area contributed by atoms with E-state index in [0.29, 0.717) is 0 Å². The largest absolute Gasteiger partial charge is 0.512 e. The molecule has 181 valence electrons. The molecular weight excluding hydrogens is 625 g/mol. The Labute approximate surface area is 226 Å². The Morgan fingerprint density at radius 1 is 0.806 bits per heavy atom. The molecule has 1 N–H and O–H groups in total. The summed E-state index contributed by atoms with van der Waals surface area (Å²) in [7, 11) is 0. The van der Waals surface area contributed by atoms with E-state index in [1.165, 1.54) is 19.9 Å². The number of rotatable bonds is 3. The zero-order valence-electron chi connectivity index (χ0n) is 19.9. The molecule has 4 aromatic rings. The third-order valence-electron chi connectivity index (χ3n) is 4.25. The fraction of sp³-hybridized carbons (Fsp3) is 0.0645. The Kier molecular flexibility index (Phi) is 13.5. The molecule has 0 unspecified atom stereocenters. The number of ketones is 1. The minimum absolute atomic E-state index is 0. The van der Waals surface area contributed by atoms with Gasteiger partial charge in [0.1, 0.15) is 0 Å². The fourth-order valence-electron chi connectivity index (χ4n) is 2.69. The van der Waals surface area contributed by atoms with Crippen LogP contribution in [0.1, 0.15) is 25.0 Å². The van der Waals surface area contributed by atoms with Gasteiger partial charge in [-0.25, -0.2) is 0 Å². The molecule has 0 aliphatic heterocycles. The van der Waals surface area contributed by atoms with E-state index in [4.69, 9.17) is 18.0 Å². The first-order chi connectivity index (χ1) is 16.9. The number of carbonyl (C=O) groups excluding carboxylic acids is 1. The molecule has 0 saturated heterocycles. The second-order valence-corrected chi connectivity index (χ2v) is 7.10. The molecule has 0 atom stereocenters. The minimum atomic E-state index is -0.125. The molecule has 1 radical (unpaired) electrons. The number of carbonyl (C=O) groups is 1. The Hall–Kier alpha value is -4.28. The second-order valence-electron chi connectivity index (χ2n) is 7.10. The summed E-state index contributed by atoms with van der Waals surface area (Å²) in [5, 5.41) is 8.36. The molecule has 36 heavy (non-hydrogen) atoms. The molecule has 0 aliphatic rings. The Morgan fingerprint density at radius 2 is 1.25 bits per heavy atom. The fourth-order valence-corrected chi connectivity index (χ4v) is 2.69. The third kappa shape index (κ3) is 10.8. The Balaban J connectivity index is 0.000000283. The summed E-state index contributed by atoms with van der Waals surface area (Å²) in [5.74, 6) is 5.05. The smallest absolute Gasteiger partial charge is 0.155 e. The number of terminal acetylenes is 2. The average molecular weight is 649 g/mol. The maximum absolute atomic E-state index is 10.0. The van der Waals surface area contributed by atoms with E-state index in [1.54, 1.807) is 24.5 Å². The maximum atomic E-state index is 10.0. The van der Waals surface area contributed by atoms with Crippen LogP contribution in [0.2, 0.25) is 0 Å². The van der Waals surface area contributed by atoms with E-state index >= 15 is 0 Å². The van der Waals surface area contributed by atoms with Gasteiger partial charge in [-0.15, -0.1) is 84.3 Å². The summed E-state index contributed by atoms with van der Waals surface area (Å²) in [4.78, 5) is 18.5. The molecule has 0 saturated carbocycles. The quantitative estimate of drug-likeness (QED) is 0.126. The van der Waals surface area contributed by atoms with Crippen molar-refractivity contribution in [1.82, 2.24) is 9.97 Å². The van der Waals surface area contributed by atoms with Gasteiger partial charge in [0, 0.05) is 38.6 Å². The van der Waals surface area contributed by atoms with Crippen molar-refractivity contribution in [3.8, 4) is 47.2 Å². The molecule has 0 spiro atoms. The van der Waals surface area contributed by atoms with Crippen molar-refractivity contribution in [2.45, 2.75) is 13.8 Å². The van der Waals surface area contributed by atoms with Crippen LogP contribution < -0.4 is 0 Å². The molecular formula is C31H24IrN2O2-2. The number of pyridine rings is 2. The van der Waals surface area contributed by atoms with Crippen molar-refractivity contribution >= 4 is 5.78 Å². The minimum Gasteiger partial charge on any atom is -0.512 e. The third-order valence-corrected chi connectivity index (χ3v) is 4.25. The summed E-state index contributed by atoms with van der Waals surface area (Å²) in [6.45, 7) is 2.85. The number of allylic oxidation sites excluding steroid dienone is 2. The van der Waals surface area contributed by atoms with Crippen LogP contribution in [0.3, 0.4) is 0 Å². The van der Waals surface area contributed by atoms with E-state index < -0.39 is 0 Å². The van der Waals surface area contributed by atoms with Crippen molar-refractivity contribution in [1.29, 1.82) is 0 Å². The van der Waals surface area contributed by atoms with Crippen molar-refractivity contribution in [2.24, 2.45) is 0 Å². The topological polar surface area (TPSA) is 63.1 Å². The van der Waals surface area contributed by atoms with Gasteiger partial charge in [0.2, 0.25) is 0 Å². The van der Waals surface area contributed by atoms with Crippen molar-refractivity contribution in [3.63, 3.8) is 0 Å². The Morgan fingerprint density at radius 3 is 1.47 bits per heavy atom. The monoisotopic (exact) mass is 649 g/mol. The molecule has 0 bridgehead atoms. The molecule has 0 amide bonds. The Bertz CT molecular complexity index is 1220. The summed E-state index contributed by atoms with van der Waals surface area (Å²) in [5.41, 5.74) is 5.43. The van der Waals surface area contributed by atoms with Crippen LogP contribution in [0, 0.1) is 36.8 Å². The standard InChI is InChI=1S/2C13H8N.C5H8O2.Ir/c2*1-2-11-6-8-12(9-7-11)13-5-3-4-10-14-13;1-4(6)3-5(2)7;/h2*1,3-8,10H;3,6H,1-2H3;/q2*-1;;/b;;4-3-;. The summed E-state index contributed by atoms with van der Waals surface area (Å²) in [6.07, 6.45) is 15.2. The van der Waals surface area contributed by atoms with Crippen LogP contribution in [0.5, 0.6) is 0 Å². The van der Waals surface area contributed by atoms with E-state index in [1.807, 2.05) is 60.7 Å². The second kappa shape index (κ2) is 16.4. The van der Waals surface area contributed by atoms with Crippen molar-refractivity contribution in [2.75, 3.05) is 0 Å². The van der Waals surface area contributed by atoms with E-state index in [0.717, 1.165) is 33.6 Å². The summed E-state index contributed by atoms with van der Waals surface area (Å²) >= 11 is 0. The average Bonchev–Trinajstić information content (AvgIpc) is 2.90. The molecule has 2 heterocycles. The number of nitrogens with zero attached hydrogens (tertiary/aromatic N) is 2. The van der Waals surface area contributed by atoms with Crippen LogP contribution in [0.15, 0.2) is 97.0 Å². The molecule has 4 nitrogen and oxygen atoms in total. The van der Waals surface area contributed by atoms with Gasteiger partial charge in [0.15, 0.2) is 5.78 Å². The van der Waals surface area contributed by atoms with Crippen molar-refractivity contribution < 1.29 is 30.0 Å². The normalized spacial score (nSPS) is 9.50. The predicted octanol–water partition coefficient (Wildman–Crippen LogP) is 6.09. The number of hydrogen-bond donors (Lipinski definition) is 1. The van der Waals surface area contributed by atoms with Gasteiger partial charge >= 0.3 is 0 Å². The van der Waals surface area contributed by atoms with Gasteiger partial charge in [-0.2, -0.15) is 0 Å². The van der Waals surface area contributed by atoms with E-state index in [2.05, 4.69) is 33.9 Å². The van der Waals surface area contributed by atoms with Gasteiger partial charge in [-0.3, -0.25) is 4.79 Å². The number of aliphatic hydroxyl groups excluding tert-OH is 1. The number of aliphatic hydroxyl groups is 1. The van der Waals surface area contributed by atoms with Crippen LogP contribution in [-0.2, 0) is 24.9 Å². The molecule has 4 rings (SSSR count). The van der Waals surface area contributed by atoms with Gasteiger partial charge in [0.25, 0.3) is 0 Å². The van der Waals surface area contributed by atoms with Crippen LogP contribution in [-0.4, -0.2) is 20.9 Å². The summed E-state index contributed by atoms with van der Waals surface area (Å²) < 4.78 is 0. The van der Waals surface area contributed by atoms with Crippen LogP contribution >= 0.6 is 0 Å². The molecule has 5 heteroatoms. The number of hydrogen-bond acceptors (Lipinski definition) is 4. The molecule has 2 aromatic carbocycles. The van der Waals surface area contributed by atoms with Gasteiger partial charge in [-0.1, -0.05) is 35.4 Å². The maximum Gasteiger partial charge on any atom is 0.155 e. The van der Waals surface area contributed by atoms with E-state index in [9.17, 15) is 4.79 Å². The summed E-state index contributed by atoms with van der Waals surface area (Å²) in [6, 6.07) is 29.0. The van der Waals surface area contributed by atoms with E-state index in [-0.39, 0.29) is 31.6 Å². The number of aromatic nitrogens is 2. The zero-order valence-corrected chi connectivity index (χ0v) is 22.3. The van der Waals surface area contributed by atoms with Gasteiger partial charge < -0.3 is 15.1 Å². The SMILES string of the molecule is C#Cc1c[c-]c(-c2ccccn2)cc1.C#Cc1c[c-]c(-c2ccccn2)cc1.CC(=O)/C=C(/C)O.[Ir]. The van der Waals surface area contributed by atoms with Gasteiger partial charge in [0.05, 0.1) is 5.76 Å². The molecule has 0 fully saturated rings. The van der Waals surface area contributed by atoms with Crippen LogP contribution in [0.25, 0.3) is 22.5 Å². The van der Waals surface area contributed by atoms with Crippen molar-refractivity contribution in [3.05, 3.63) is 120 Å². The first kappa shape index (κ1) is 29.8. The predicted molar refractivity (Wildman–Crippen MR) is 140 cm³/mol. The zero-order chi connectivity index (χ0) is 25.5. The first-order valence-corrected chi connectivity index (χ1v) is 10.6. The first-order valence-electron chi connectivity index (χ1n) is 10.6. The van der Waals surface area contributed by atoms with Crippen LogP contribution in [0.4, 0.5) is 0 Å². The molecule has 2 aromatic heterocycles. The number of benzene rings is 2. The molecule has 0 aliphatic carbocycles.